The Hall–Kier alpha value is -4.18. The number of aryl methyl sites for hydroxylation is 1. The summed E-state index contributed by atoms with van der Waals surface area (Å²) in [5.41, 5.74) is 3.13. The summed E-state index contributed by atoms with van der Waals surface area (Å²) < 4.78 is 12.4. The van der Waals surface area contributed by atoms with Crippen LogP contribution in [0.3, 0.4) is 0 Å². The van der Waals surface area contributed by atoms with Crippen molar-refractivity contribution < 1.29 is 24.0 Å². The molecule has 0 fully saturated rings. The fraction of sp³-hybridized carbons (Fsp3) is 0.174. The highest BCUT2D eigenvalue weighted by atomic mass is 35.5. The minimum Gasteiger partial charge on any atom is -0.475 e. The van der Waals surface area contributed by atoms with E-state index in [1.54, 1.807) is 44.2 Å². The lowest BCUT2D eigenvalue weighted by Crippen LogP contribution is -2.17. The van der Waals surface area contributed by atoms with Crippen LogP contribution in [-0.2, 0) is 11.3 Å². The van der Waals surface area contributed by atoms with Crippen LogP contribution in [0.4, 0.5) is 10.5 Å². The van der Waals surface area contributed by atoms with E-state index in [1.807, 2.05) is 18.2 Å². The predicted octanol–water partition coefficient (Wildman–Crippen LogP) is 4.95. The van der Waals surface area contributed by atoms with Gasteiger partial charge in [-0.3, -0.25) is 5.32 Å². The monoisotopic (exact) mass is 481 g/mol. The number of nitrogens with zero attached hydrogens (tertiary/aromatic N) is 4. The van der Waals surface area contributed by atoms with Gasteiger partial charge in [-0.25, -0.2) is 19.3 Å². The molecule has 4 rings (SSSR count). The summed E-state index contributed by atoms with van der Waals surface area (Å²) in [5.74, 6) is -1.07. The number of benzene rings is 2. The summed E-state index contributed by atoms with van der Waals surface area (Å²) in [4.78, 5) is 27.2. The lowest BCUT2D eigenvalue weighted by atomic mass is 10.1. The molecule has 0 bridgehead atoms. The lowest BCUT2D eigenvalue weighted by molar-refractivity contribution is 0.0683. The maximum atomic E-state index is 12.5. The average molecular weight is 482 g/mol. The minimum atomic E-state index is -1.19. The molecule has 1 atom stereocenters. The molecule has 2 N–H and O–H groups in total. The van der Waals surface area contributed by atoms with Crippen molar-refractivity contribution in [2.45, 2.75) is 26.5 Å². The molecule has 10 nitrogen and oxygen atoms in total. The van der Waals surface area contributed by atoms with Crippen molar-refractivity contribution in [2.75, 3.05) is 5.32 Å². The molecule has 11 heteroatoms. The third-order valence-electron chi connectivity index (χ3n) is 5.01. The van der Waals surface area contributed by atoms with Crippen LogP contribution >= 0.6 is 11.6 Å². The number of halogens is 1. The third-order valence-corrected chi connectivity index (χ3v) is 5.35. The van der Waals surface area contributed by atoms with E-state index in [9.17, 15) is 9.59 Å². The Bertz CT molecular complexity index is 1330. The molecule has 174 valence electrons. The molecular weight excluding hydrogens is 462 g/mol. The molecule has 34 heavy (non-hydrogen) atoms. The fourth-order valence-electron chi connectivity index (χ4n) is 3.29. The molecule has 0 aliphatic rings. The molecule has 1 amide bonds. The quantitative estimate of drug-likeness (QED) is 0.379. The van der Waals surface area contributed by atoms with E-state index >= 15 is 0 Å². The zero-order chi connectivity index (χ0) is 24.2. The number of hydrogen-bond acceptors (Lipinski definition) is 7. The Morgan fingerprint density at radius 2 is 1.94 bits per heavy atom. The van der Waals surface area contributed by atoms with Crippen molar-refractivity contribution in [2.24, 2.45) is 0 Å². The first-order valence-corrected chi connectivity index (χ1v) is 10.6. The molecule has 0 radical (unpaired) electrons. The van der Waals surface area contributed by atoms with Gasteiger partial charge in [-0.15, -0.1) is 5.10 Å². The molecule has 2 aromatic heterocycles. The Morgan fingerprint density at radius 3 is 2.62 bits per heavy atom. The molecule has 1 unspecified atom stereocenters. The summed E-state index contributed by atoms with van der Waals surface area (Å²) in [6, 6.07) is 14.4. The normalized spacial score (nSPS) is 11.7. The van der Waals surface area contributed by atoms with Gasteiger partial charge in [-0.2, -0.15) is 0 Å². The predicted molar refractivity (Wildman–Crippen MR) is 123 cm³/mol. The van der Waals surface area contributed by atoms with Gasteiger partial charge in [0.1, 0.15) is 23.8 Å². The fourth-order valence-corrected chi connectivity index (χ4v) is 3.58. The Balaban J connectivity index is 1.46. The van der Waals surface area contributed by atoms with Crippen molar-refractivity contribution in [3.8, 4) is 11.3 Å². The number of aromatic nitrogens is 4. The van der Waals surface area contributed by atoms with E-state index < -0.39 is 18.2 Å². The van der Waals surface area contributed by atoms with Crippen molar-refractivity contribution in [3.63, 3.8) is 0 Å². The first-order chi connectivity index (χ1) is 16.3. The molecule has 0 saturated heterocycles. The van der Waals surface area contributed by atoms with Gasteiger partial charge in [0.25, 0.3) is 5.82 Å². The van der Waals surface area contributed by atoms with Crippen LogP contribution in [0.5, 0.6) is 0 Å². The molecule has 4 aromatic rings. The van der Waals surface area contributed by atoms with Gasteiger partial charge >= 0.3 is 12.1 Å². The highest BCUT2D eigenvalue weighted by molar-refractivity contribution is 6.31. The average Bonchev–Trinajstić information content (AvgIpc) is 3.42. The summed E-state index contributed by atoms with van der Waals surface area (Å²) in [6.07, 6.45) is 0.126. The number of ether oxygens (including phenoxy) is 1. The molecule has 0 saturated carbocycles. The van der Waals surface area contributed by atoms with Gasteiger partial charge in [-0.05, 0) is 25.5 Å². The Morgan fingerprint density at radius 1 is 1.21 bits per heavy atom. The first-order valence-electron chi connectivity index (χ1n) is 10.2. The van der Waals surface area contributed by atoms with Gasteiger partial charge in [0.05, 0.1) is 6.54 Å². The van der Waals surface area contributed by atoms with Crippen LogP contribution in [0.15, 0.2) is 59.4 Å². The van der Waals surface area contributed by atoms with E-state index in [0.717, 1.165) is 5.56 Å². The third kappa shape index (κ3) is 5.07. The van der Waals surface area contributed by atoms with Crippen molar-refractivity contribution >= 4 is 29.4 Å². The number of carboxylic acid groups (broad SMARTS) is 1. The van der Waals surface area contributed by atoms with Gasteiger partial charge in [0, 0.05) is 16.1 Å². The standard InChI is InChI=1S/C23H20ClN5O5/c1-13-19(26-23(32)33-14(2)17-5-3-4-6-18(17)24)20(34-28-13)16-9-7-15(8-10-16)11-29-12-25-21(27-29)22(30)31/h3-10,12,14H,11H2,1-2H3,(H,26,32)(H,30,31). The van der Waals surface area contributed by atoms with Crippen molar-refractivity contribution in [3.05, 3.63) is 82.5 Å². The number of amides is 1. The summed E-state index contributed by atoms with van der Waals surface area (Å²) in [7, 11) is 0. The molecule has 2 aromatic carbocycles. The zero-order valence-corrected chi connectivity index (χ0v) is 19.0. The number of rotatable bonds is 7. The number of hydrogen-bond donors (Lipinski definition) is 2. The highest BCUT2D eigenvalue weighted by Crippen LogP contribution is 2.32. The minimum absolute atomic E-state index is 0.264. The second-order valence-electron chi connectivity index (χ2n) is 7.43. The maximum absolute atomic E-state index is 12.5. The zero-order valence-electron chi connectivity index (χ0n) is 18.2. The van der Waals surface area contributed by atoms with Crippen molar-refractivity contribution in [1.82, 2.24) is 19.9 Å². The van der Waals surface area contributed by atoms with E-state index in [0.29, 0.717) is 39.8 Å². The smallest absolute Gasteiger partial charge is 0.412 e. The number of anilines is 1. The number of carbonyl (C=O) groups excluding carboxylic acids is 1. The lowest BCUT2D eigenvalue weighted by Gasteiger charge is -2.15. The number of nitrogens with one attached hydrogen (secondary N) is 1. The Labute approximate surface area is 199 Å². The number of carboxylic acids is 1. The SMILES string of the molecule is Cc1noc(-c2ccc(Cn3cnc(C(=O)O)n3)cc2)c1NC(=O)OC(C)c1ccccc1Cl. The largest absolute Gasteiger partial charge is 0.475 e. The molecular formula is C23H20ClN5O5. The van der Waals surface area contributed by atoms with Crippen LogP contribution in [0.2, 0.25) is 5.02 Å². The van der Waals surface area contributed by atoms with Crippen LogP contribution in [0, 0.1) is 6.92 Å². The van der Waals surface area contributed by atoms with Crippen LogP contribution in [0.1, 0.15) is 40.5 Å². The van der Waals surface area contributed by atoms with Gasteiger partial charge < -0.3 is 14.4 Å². The summed E-state index contributed by atoms with van der Waals surface area (Å²) in [6.45, 7) is 3.78. The second kappa shape index (κ2) is 9.75. The van der Waals surface area contributed by atoms with E-state index in [-0.39, 0.29) is 5.82 Å². The first kappa shape index (κ1) is 23.0. The van der Waals surface area contributed by atoms with E-state index in [1.165, 1.54) is 11.0 Å². The van der Waals surface area contributed by atoms with Gasteiger partial charge in [0.2, 0.25) is 0 Å². The second-order valence-corrected chi connectivity index (χ2v) is 7.84. The van der Waals surface area contributed by atoms with Crippen LogP contribution in [-0.4, -0.2) is 37.1 Å². The van der Waals surface area contributed by atoms with Crippen molar-refractivity contribution in [1.29, 1.82) is 0 Å². The molecule has 0 aliphatic carbocycles. The molecule has 0 spiro atoms. The Kier molecular flexibility index (Phi) is 6.60. The summed E-state index contributed by atoms with van der Waals surface area (Å²) >= 11 is 6.18. The van der Waals surface area contributed by atoms with E-state index in [2.05, 4.69) is 20.6 Å². The topological polar surface area (TPSA) is 132 Å². The van der Waals surface area contributed by atoms with Crippen LogP contribution < -0.4 is 5.32 Å². The van der Waals surface area contributed by atoms with Gasteiger partial charge in [0.15, 0.2) is 5.76 Å². The van der Waals surface area contributed by atoms with Gasteiger partial charge in [-0.1, -0.05) is 59.2 Å². The summed E-state index contributed by atoms with van der Waals surface area (Å²) in [5, 5.41) is 20.0. The molecule has 2 heterocycles. The van der Waals surface area contributed by atoms with E-state index in [4.69, 9.17) is 26.0 Å². The highest BCUT2D eigenvalue weighted by Gasteiger charge is 2.20. The maximum Gasteiger partial charge on any atom is 0.412 e. The molecule has 0 aliphatic heterocycles. The number of carbonyl (C=O) groups is 2. The number of aromatic carboxylic acids is 1. The van der Waals surface area contributed by atoms with Crippen LogP contribution in [0.25, 0.3) is 11.3 Å².